The second kappa shape index (κ2) is 11.0. The minimum Gasteiger partial charge on any atom is -0.497 e. The molecule has 39 heavy (non-hydrogen) atoms. The van der Waals surface area contributed by atoms with Crippen molar-refractivity contribution in [3.05, 3.63) is 134 Å². The number of nitrogens with zero attached hydrogens (tertiary/aromatic N) is 1. The van der Waals surface area contributed by atoms with Crippen molar-refractivity contribution in [2.24, 2.45) is 0 Å². The van der Waals surface area contributed by atoms with Gasteiger partial charge in [-0.05, 0) is 35.7 Å². The monoisotopic (exact) mass is 532 g/mol. The topological polar surface area (TPSA) is 103 Å². The standard InChI is InChI=1S/C30H29FN2O6/c1-19-17-33(29(36)32-27(19)35)28-25(31)26(34)24(39-28)18-38-30(20-9-5-3-6-10-20,21-11-7-4-8-12-21)22-13-15-23(37-2)16-14-22/h3-17,24-26,28,34H,18H2,1-2H3,(H,32,35,36). The number of ether oxygens (including phenoxy) is 3. The van der Waals surface area contributed by atoms with Crippen LogP contribution in [0, 0.1) is 6.92 Å². The molecular formula is C30H29FN2O6. The van der Waals surface area contributed by atoms with Crippen molar-refractivity contribution in [2.75, 3.05) is 13.7 Å². The van der Waals surface area contributed by atoms with Gasteiger partial charge in [0, 0.05) is 11.8 Å². The second-order valence-electron chi connectivity index (χ2n) is 9.43. The van der Waals surface area contributed by atoms with E-state index < -0.39 is 41.5 Å². The van der Waals surface area contributed by atoms with E-state index in [9.17, 15) is 14.7 Å². The Hall–Kier alpha value is -4.05. The van der Waals surface area contributed by atoms with E-state index in [0.717, 1.165) is 21.3 Å². The summed E-state index contributed by atoms with van der Waals surface area (Å²) in [6.45, 7) is 1.29. The number of aliphatic hydroxyl groups excluding tert-OH is 1. The lowest BCUT2D eigenvalue weighted by atomic mass is 9.80. The zero-order chi connectivity index (χ0) is 27.6. The van der Waals surface area contributed by atoms with Crippen LogP contribution in [0.1, 0.15) is 28.5 Å². The van der Waals surface area contributed by atoms with Crippen LogP contribution in [0.4, 0.5) is 4.39 Å². The number of methoxy groups -OCH3 is 1. The first-order chi connectivity index (χ1) is 18.8. The van der Waals surface area contributed by atoms with Crippen LogP contribution >= 0.6 is 0 Å². The number of alkyl halides is 1. The fourth-order valence-electron chi connectivity index (χ4n) is 4.97. The van der Waals surface area contributed by atoms with Crippen LogP contribution in [-0.2, 0) is 15.1 Å². The van der Waals surface area contributed by atoms with Gasteiger partial charge in [0.25, 0.3) is 5.56 Å². The van der Waals surface area contributed by atoms with E-state index in [1.165, 1.54) is 13.1 Å². The summed E-state index contributed by atoms with van der Waals surface area (Å²) < 4.78 is 34.2. The number of hydrogen-bond donors (Lipinski definition) is 2. The molecule has 4 aromatic rings. The van der Waals surface area contributed by atoms with Crippen molar-refractivity contribution in [3.63, 3.8) is 0 Å². The van der Waals surface area contributed by atoms with Crippen LogP contribution < -0.4 is 16.0 Å². The minimum atomic E-state index is -1.93. The molecule has 0 bridgehead atoms. The Labute approximate surface area is 224 Å². The molecule has 1 saturated heterocycles. The molecule has 2 heterocycles. The highest BCUT2D eigenvalue weighted by Gasteiger charge is 2.47. The fraction of sp³-hybridized carbons (Fsp3) is 0.267. The normalized spacial score (nSPS) is 21.1. The molecule has 0 radical (unpaired) electrons. The van der Waals surface area contributed by atoms with Crippen molar-refractivity contribution in [2.45, 2.75) is 37.1 Å². The quantitative estimate of drug-likeness (QED) is 0.337. The van der Waals surface area contributed by atoms with E-state index in [4.69, 9.17) is 14.2 Å². The lowest BCUT2D eigenvalue weighted by Crippen LogP contribution is -2.39. The van der Waals surface area contributed by atoms with Crippen LogP contribution in [0.2, 0.25) is 0 Å². The van der Waals surface area contributed by atoms with Gasteiger partial charge in [-0.25, -0.2) is 9.18 Å². The number of nitrogens with one attached hydrogen (secondary N) is 1. The third-order valence-corrected chi connectivity index (χ3v) is 7.04. The van der Waals surface area contributed by atoms with Gasteiger partial charge >= 0.3 is 5.69 Å². The number of aliphatic hydroxyl groups is 1. The third kappa shape index (κ3) is 4.92. The van der Waals surface area contributed by atoms with Gasteiger partial charge in [0.05, 0.1) is 13.7 Å². The van der Waals surface area contributed by atoms with Crippen molar-refractivity contribution in [1.29, 1.82) is 0 Å². The highest BCUT2D eigenvalue weighted by molar-refractivity contribution is 5.48. The molecule has 0 saturated carbocycles. The van der Waals surface area contributed by atoms with Crippen LogP contribution in [0.3, 0.4) is 0 Å². The Morgan fingerprint density at radius 3 is 2.08 bits per heavy atom. The number of benzene rings is 3. The third-order valence-electron chi connectivity index (χ3n) is 7.04. The summed E-state index contributed by atoms with van der Waals surface area (Å²) in [6, 6.07) is 26.6. The van der Waals surface area contributed by atoms with Gasteiger partial charge in [-0.3, -0.25) is 14.3 Å². The molecule has 1 aliphatic heterocycles. The van der Waals surface area contributed by atoms with Gasteiger partial charge < -0.3 is 19.3 Å². The molecule has 8 nitrogen and oxygen atoms in total. The van der Waals surface area contributed by atoms with E-state index in [-0.39, 0.29) is 12.2 Å². The van der Waals surface area contributed by atoms with Crippen molar-refractivity contribution < 1.29 is 23.7 Å². The lowest BCUT2D eigenvalue weighted by Gasteiger charge is -2.37. The molecule has 1 fully saturated rings. The highest BCUT2D eigenvalue weighted by Crippen LogP contribution is 2.42. The minimum absolute atomic E-state index is 0.203. The number of aromatic amines is 1. The molecule has 3 aromatic carbocycles. The summed E-state index contributed by atoms with van der Waals surface area (Å²) in [5, 5.41) is 10.8. The number of aromatic nitrogens is 2. The van der Waals surface area contributed by atoms with Gasteiger partial charge in [0.2, 0.25) is 0 Å². The first-order valence-corrected chi connectivity index (χ1v) is 12.5. The number of aryl methyl sites for hydroxylation is 1. The fourth-order valence-corrected chi connectivity index (χ4v) is 4.97. The summed E-state index contributed by atoms with van der Waals surface area (Å²) >= 11 is 0. The molecule has 1 aliphatic rings. The zero-order valence-electron chi connectivity index (χ0n) is 21.5. The van der Waals surface area contributed by atoms with Crippen LogP contribution in [-0.4, -0.2) is 46.8 Å². The SMILES string of the molecule is COc1ccc(C(OCC2OC(n3cc(C)c(=O)[nH]c3=O)C(F)C2O)(c2ccccc2)c2ccccc2)cc1. The maximum atomic E-state index is 15.3. The summed E-state index contributed by atoms with van der Waals surface area (Å²) in [7, 11) is 1.59. The Kier molecular flexibility index (Phi) is 7.47. The average Bonchev–Trinajstić information content (AvgIpc) is 3.25. The van der Waals surface area contributed by atoms with Gasteiger partial charge in [-0.1, -0.05) is 72.8 Å². The van der Waals surface area contributed by atoms with Gasteiger partial charge in [-0.15, -0.1) is 0 Å². The summed E-state index contributed by atoms with van der Waals surface area (Å²) in [6.07, 6.45) is -4.81. The number of halogens is 1. The summed E-state index contributed by atoms with van der Waals surface area (Å²) in [4.78, 5) is 26.3. The first-order valence-electron chi connectivity index (χ1n) is 12.5. The van der Waals surface area contributed by atoms with Gasteiger partial charge in [0.1, 0.15) is 23.6 Å². The first kappa shape index (κ1) is 26.6. The average molecular weight is 533 g/mol. The molecule has 4 atom stereocenters. The molecule has 0 spiro atoms. The summed E-state index contributed by atoms with van der Waals surface area (Å²) in [5.41, 5.74) is 0.0885. The predicted octanol–water partition coefficient (Wildman–Crippen LogP) is 3.46. The Morgan fingerprint density at radius 1 is 0.949 bits per heavy atom. The molecule has 9 heteroatoms. The molecule has 202 valence electrons. The maximum Gasteiger partial charge on any atom is 0.330 e. The van der Waals surface area contributed by atoms with Crippen molar-refractivity contribution >= 4 is 0 Å². The number of rotatable bonds is 8. The molecule has 0 aliphatic carbocycles. The van der Waals surface area contributed by atoms with Crippen LogP contribution in [0.5, 0.6) is 5.75 Å². The zero-order valence-corrected chi connectivity index (χ0v) is 21.5. The van der Waals surface area contributed by atoms with E-state index in [1.807, 2.05) is 84.9 Å². The number of hydrogen-bond acceptors (Lipinski definition) is 6. The maximum absolute atomic E-state index is 15.3. The molecule has 1 aromatic heterocycles. The Bertz CT molecular complexity index is 1480. The molecule has 0 amide bonds. The highest BCUT2D eigenvalue weighted by atomic mass is 19.1. The molecule has 5 rings (SSSR count). The van der Waals surface area contributed by atoms with E-state index >= 15 is 4.39 Å². The largest absolute Gasteiger partial charge is 0.497 e. The molecular weight excluding hydrogens is 503 g/mol. The van der Waals surface area contributed by atoms with Crippen LogP contribution in [0.15, 0.2) is 101 Å². The van der Waals surface area contributed by atoms with Gasteiger partial charge in [0.15, 0.2) is 12.4 Å². The summed E-state index contributed by atoms with van der Waals surface area (Å²) in [5.74, 6) is 0.674. The predicted molar refractivity (Wildman–Crippen MR) is 143 cm³/mol. The van der Waals surface area contributed by atoms with E-state index in [1.54, 1.807) is 7.11 Å². The second-order valence-corrected chi connectivity index (χ2v) is 9.43. The Morgan fingerprint density at radius 2 is 1.51 bits per heavy atom. The van der Waals surface area contributed by atoms with E-state index in [0.29, 0.717) is 5.75 Å². The van der Waals surface area contributed by atoms with Crippen molar-refractivity contribution in [3.8, 4) is 5.75 Å². The molecule has 2 N–H and O–H groups in total. The van der Waals surface area contributed by atoms with Crippen molar-refractivity contribution in [1.82, 2.24) is 9.55 Å². The van der Waals surface area contributed by atoms with Gasteiger partial charge in [-0.2, -0.15) is 0 Å². The van der Waals surface area contributed by atoms with E-state index in [2.05, 4.69) is 4.98 Å². The lowest BCUT2D eigenvalue weighted by molar-refractivity contribution is -0.0950. The Balaban J connectivity index is 1.54. The smallest absolute Gasteiger partial charge is 0.330 e. The molecule has 4 unspecified atom stereocenters. The van der Waals surface area contributed by atoms with Crippen LogP contribution in [0.25, 0.3) is 0 Å². The number of H-pyrrole nitrogens is 1.